The van der Waals surface area contributed by atoms with Crippen LogP contribution < -0.4 is 4.90 Å². The summed E-state index contributed by atoms with van der Waals surface area (Å²) in [5.74, 6) is -0.0932. The number of benzene rings is 1. The van der Waals surface area contributed by atoms with Gasteiger partial charge < -0.3 is 0 Å². The minimum absolute atomic E-state index is 0.241. The lowest BCUT2D eigenvalue weighted by Gasteiger charge is -2.16. The van der Waals surface area contributed by atoms with Crippen LogP contribution in [0.1, 0.15) is 10.4 Å². The van der Waals surface area contributed by atoms with Gasteiger partial charge in [0.25, 0.3) is 5.91 Å². The van der Waals surface area contributed by atoms with E-state index < -0.39 is 5.82 Å². The van der Waals surface area contributed by atoms with E-state index in [2.05, 4.69) is 20.9 Å². The molecule has 0 unspecified atom stereocenters. The maximum atomic E-state index is 13.1. The zero-order valence-corrected chi connectivity index (χ0v) is 11.2. The van der Waals surface area contributed by atoms with Crippen molar-refractivity contribution in [3.05, 3.63) is 58.4 Å². The van der Waals surface area contributed by atoms with E-state index in [4.69, 9.17) is 0 Å². The molecule has 1 amide bonds. The van der Waals surface area contributed by atoms with Crippen molar-refractivity contribution < 1.29 is 9.18 Å². The molecular formula is C13H10BrFN2O. The van der Waals surface area contributed by atoms with Gasteiger partial charge in [-0.3, -0.25) is 9.69 Å². The Labute approximate surface area is 112 Å². The zero-order valence-electron chi connectivity index (χ0n) is 9.60. The molecule has 92 valence electrons. The van der Waals surface area contributed by atoms with Gasteiger partial charge in [-0.1, -0.05) is 6.07 Å². The summed E-state index contributed by atoms with van der Waals surface area (Å²) < 4.78 is 13.4. The monoisotopic (exact) mass is 308 g/mol. The maximum absolute atomic E-state index is 13.1. The van der Waals surface area contributed by atoms with E-state index in [-0.39, 0.29) is 10.4 Å². The molecule has 2 aromatic rings. The Morgan fingerprint density at radius 3 is 2.72 bits per heavy atom. The summed E-state index contributed by atoms with van der Waals surface area (Å²) in [6.07, 6.45) is 1.61. The molecule has 0 bridgehead atoms. The van der Waals surface area contributed by atoms with Crippen molar-refractivity contribution in [3.63, 3.8) is 0 Å². The Hall–Kier alpha value is -1.75. The highest BCUT2D eigenvalue weighted by Gasteiger charge is 2.15. The highest BCUT2D eigenvalue weighted by molar-refractivity contribution is 9.10. The third kappa shape index (κ3) is 2.56. The molecule has 0 aliphatic rings. The predicted molar refractivity (Wildman–Crippen MR) is 71.1 cm³/mol. The topological polar surface area (TPSA) is 33.2 Å². The summed E-state index contributed by atoms with van der Waals surface area (Å²) in [7, 11) is 1.63. The molecular weight excluding hydrogens is 299 g/mol. The molecule has 5 heteroatoms. The molecule has 0 saturated carbocycles. The fourth-order valence-corrected chi connectivity index (χ4v) is 1.86. The first-order chi connectivity index (χ1) is 8.59. The van der Waals surface area contributed by atoms with Crippen molar-refractivity contribution in [1.82, 2.24) is 4.98 Å². The van der Waals surface area contributed by atoms with Crippen molar-refractivity contribution >= 4 is 27.7 Å². The molecule has 18 heavy (non-hydrogen) atoms. The van der Waals surface area contributed by atoms with E-state index >= 15 is 0 Å². The molecule has 2 rings (SSSR count). The highest BCUT2D eigenvalue weighted by atomic mass is 79.9. The molecule has 1 aromatic carbocycles. The lowest BCUT2D eigenvalue weighted by atomic mass is 10.2. The molecule has 0 aliphatic carbocycles. The van der Waals surface area contributed by atoms with Gasteiger partial charge in [-0.25, -0.2) is 9.37 Å². The average Bonchev–Trinajstić information content (AvgIpc) is 2.41. The van der Waals surface area contributed by atoms with Crippen molar-refractivity contribution in [2.24, 2.45) is 0 Å². The van der Waals surface area contributed by atoms with E-state index in [0.717, 1.165) is 0 Å². The number of nitrogens with zero attached hydrogens (tertiary/aromatic N) is 2. The molecule has 1 heterocycles. The Morgan fingerprint density at radius 2 is 2.11 bits per heavy atom. The zero-order chi connectivity index (χ0) is 13.1. The van der Waals surface area contributed by atoms with Crippen molar-refractivity contribution in [1.29, 1.82) is 0 Å². The number of rotatable bonds is 2. The number of carbonyl (C=O) groups excluding carboxylic acids is 1. The van der Waals surface area contributed by atoms with Crippen LogP contribution in [0.3, 0.4) is 0 Å². The number of halogens is 2. The Balaban J connectivity index is 2.29. The first-order valence-electron chi connectivity index (χ1n) is 5.24. The summed E-state index contributed by atoms with van der Waals surface area (Å²) in [5, 5.41) is 0. The number of amides is 1. The maximum Gasteiger partial charge on any atom is 0.259 e. The van der Waals surface area contributed by atoms with Gasteiger partial charge in [-0.15, -0.1) is 0 Å². The second kappa shape index (κ2) is 5.27. The van der Waals surface area contributed by atoms with Gasteiger partial charge in [0.1, 0.15) is 11.6 Å². The van der Waals surface area contributed by atoms with Crippen LogP contribution in [0.2, 0.25) is 0 Å². The minimum atomic E-state index is -0.396. The Bertz CT molecular complexity index is 574. The number of hydrogen-bond donors (Lipinski definition) is 0. The molecule has 0 atom stereocenters. The molecule has 1 aromatic heterocycles. The van der Waals surface area contributed by atoms with Gasteiger partial charge >= 0.3 is 0 Å². The van der Waals surface area contributed by atoms with Crippen LogP contribution in [0.25, 0.3) is 0 Å². The number of anilines is 1. The molecule has 3 nitrogen and oxygen atoms in total. The third-order valence-corrected chi connectivity index (χ3v) is 3.07. The smallest absolute Gasteiger partial charge is 0.259 e. The minimum Gasteiger partial charge on any atom is -0.296 e. The first kappa shape index (κ1) is 12.7. The van der Waals surface area contributed by atoms with E-state index in [1.165, 1.54) is 23.1 Å². The second-order valence-corrected chi connectivity index (χ2v) is 4.54. The average molecular weight is 309 g/mol. The summed E-state index contributed by atoms with van der Waals surface area (Å²) in [6.45, 7) is 0. The molecule has 0 aliphatic heterocycles. The van der Waals surface area contributed by atoms with Gasteiger partial charge in [0.2, 0.25) is 0 Å². The van der Waals surface area contributed by atoms with Crippen molar-refractivity contribution in [2.45, 2.75) is 0 Å². The lowest BCUT2D eigenvalue weighted by molar-refractivity contribution is 0.0992. The van der Waals surface area contributed by atoms with Crippen LogP contribution in [0.15, 0.2) is 47.1 Å². The van der Waals surface area contributed by atoms with Crippen LogP contribution in [-0.4, -0.2) is 17.9 Å². The second-order valence-electron chi connectivity index (χ2n) is 3.68. The highest BCUT2D eigenvalue weighted by Crippen LogP contribution is 2.19. The van der Waals surface area contributed by atoms with Gasteiger partial charge in [0.15, 0.2) is 0 Å². The number of carbonyl (C=O) groups is 1. The van der Waals surface area contributed by atoms with Crippen LogP contribution in [0.5, 0.6) is 0 Å². The molecule has 0 spiro atoms. The summed E-state index contributed by atoms with van der Waals surface area (Å²) in [6, 6.07) is 9.46. The van der Waals surface area contributed by atoms with Crippen molar-refractivity contribution in [3.8, 4) is 0 Å². The van der Waals surface area contributed by atoms with E-state index in [1.54, 1.807) is 31.4 Å². The quantitative estimate of drug-likeness (QED) is 0.853. The van der Waals surface area contributed by atoms with Gasteiger partial charge in [0.05, 0.1) is 4.47 Å². The van der Waals surface area contributed by atoms with Gasteiger partial charge in [-0.2, -0.15) is 0 Å². The largest absolute Gasteiger partial charge is 0.296 e. The Morgan fingerprint density at radius 1 is 1.33 bits per heavy atom. The fraction of sp³-hybridized carbons (Fsp3) is 0.0769. The van der Waals surface area contributed by atoms with Crippen LogP contribution in [0.4, 0.5) is 10.2 Å². The molecule has 0 fully saturated rings. The van der Waals surface area contributed by atoms with E-state index in [0.29, 0.717) is 11.4 Å². The van der Waals surface area contributed by atoms with Crippen LogP contribution in [0, 0.1) is 5.82 Å². The molecule has 0 saturated heterocycles. The summed E-state index contributed by atoms with van der Waals surface area (Å²) in [5.41, 5.74) is 0.399. The first-order valence-corrected chi connectivity index (χ1v) is 6.03. The van der Waals surface area contributed by atoms with Gasteiger partial charge in [-0.05, 0) is 46.3 Å². The lowest BCUT2D eigenvalue weighted by Crippen LogP contribution is -2.27. The fourth-order valence-electron chi connectivity index (χ4n) is 1.48. The number of pyridine rings is 1. The number of hydrogen-bond acceptors (Lipinski definition) is 2. The third-order valence-electron chi connectivity index (χ3n) is 2.46. The van der Waals surface area contributed by atoms with E-state index in [9.17, 15) is 9.18 Å². The normalized spacial score (nSPS) is 10.2. The van der Waals surface area contributed by atoms with Crippen molar-refractivity contribution in [2.75, 3.05) is 11.9 Å². The van der Waals surface area contributed by atoms with Crippen LogP contribution >= 0.6 is 15.9 Å². The van der Waals surface area contributed by atoms with E-state index in [1.807, 2.05) is 0 Å². The SMILES string of the molecule is CN(C(=O)c1ccc(F)c(Br)c1)c1ccccn1. The Kier molecular flexibility index (Phi) is 3.72. The molecule has 0 radical (unpaired) electrons. The number of aromatic nitrogens is 1. The predicted octanol–water partition coefficient (Wildman–Crippen LogP) is 3.26. The molecule has 0 N–H and O–H groups in total. The standard InChI is InChI=1S/C13H10BrFN2O/c1-17(12-4-2-3-7-16-12)13(18)9-5-6-11(15)10(14)8-9/h2-8H,1H3. The van der Waals surface area contributed by atoms with Gasteiger partial charge in [0, 0.05) is 18.8 Å². The summed E-state index contributed by atoms with van der Waals surface area (Å²) in [4.78, 5) is 17.7. The summed E-state index contributed by atoms with van der Waals surface area (Å²) >= 11 is 3.06. The van der Waals surface area contributed by atoms with Crippen LogP contribution in [-0.2, 0) is 0 Å².